The van der Waals surface area contributed by atoms with Crippen LogP contribution in [0.25, 0.3) is 0 Å². The third-order valence-corrected chi connectivity index (χ3v) is 2.33. The third kappa shape index (κ3) is 3.57. The molecule has 0 aliphatic heterocycles. The third-order valence-electron chi connectivity index (χ3n) is 2.10. The minimum Gasteiger partial charge on any atom is -0.352 e. The first-order valence-corrected chi connectivity index (χ1v) is 5.71. The van der Waals surface area contributed by atoms with Crippen LogP contribution in [0.4, 0.5) is 0 Å². The average molecular weight is 236 g/mol. The molecular formula is C13H16O2S. The molecule has 0 fully saturated rings. The number of hydrogen-bond acceptors (Lipinski definition) is 3. The summed E-state index contributed by atoms with van der Waals surface area (Å²) in [5.74, 6) is 6.93. The quantitative estimate of drug-likeness (QED) is 0.492. The number of thiol groups is 1. The monoisotopic (exact) mass is 236 g/mol. The molecule has 0 amide bonds. The Labute approximate surface area is 102 Å². The first-order chi connectivity index (χ1) is 7.83. The molecule has 0 aromatic heterocycles. The topological polar surface area (TPSA) is 18.5 Å². The van der Waals surface area contributed by atoms with Gasteiger partial charge in [0.2, 0.25) is 0 Å². The van der Waals surface area contributed by atoms with Crippen LogP contribution >= 0.6 is 12.6 Å². The molecule has 1 aromatic rings. The normalized spacial score (nSPS) is 10.0. The van der Waals surface area contributed by atoms with Crippen molar-refractivity contribution in [1.29, 1.82) is 0 Å². The van der Waals surface area contributed by atoms with Crippen molar-refractivity contribution >= 4 is 12.6 Å². The van der Waals surface area contributed by atoms with Crippen LogP contribution in [0.1, 0.15) is 23.8 Å². The summed E-state index contributed by atoms with van der Waals surface area (Å²) < 4.78 is 10.5. The molecule has 0 bridgehead atoms. The van der Waals surface area contributed by atoms with Gasteiger partial charge in [-0.25, -0.2) is 0 Å². The zero-order valence-electron chi connectivity index (χ0n) is 9.56. The average Bonchev–Trinajstić information content (AvgIpc) is 2.33. The summed E-state index contributed by atoms with van der Waals surface area (Å²) in [6, 6.07) is 7.83. The summed E-state index contributed by atoms with van der Waals surface area (Å²) in [5.41, 5.74) is 1.90. The summed E-state index contributed by atoms with van der Waals surface area (Å²) in [7, 11) is 3.23. The highest BCUT2D eigenvalue weighted by Crippen LogP contribution is 2.20. The van der Waals surface area contributed by atoms with Crippen LogP contribution < -0.4 is 0 Å². The predicted molar refractivity (Wildman–Crippen MR) is 68.5 cm³/mol. The highest BCUT2D eigenvalue weighted by molar-refractivity contribution is 7.80. The first kappa shape index (κ1) is 13.1. The first-order valence-electron chi connectivity index (χ1n) is 5.07. The van der Waals surface area contributed by atoms with Crippen LogP contribution in [0, 0.1) is 11.8 Å². The number of hydrogen-bond donors (Lipinski definition) is 1. The second-order valence-electron chi connectivity index (χ2n) is 3.17. The molecule has 1 rings (SSSR count). The Bertz CT molecular complexity index is 375. The molecule has 0 atom stereocenters. The zero-order valence-corrected chi connectivity index (χ0v) is 10.5. The van der Waals surface area contributed by atoms with Crippen molar-refractivity contribution in [3.8, 4) is 11.8 Å². The van der Waals surface area contributed by atoms with Crippen molar-refractivity contribution in [3.63, 3.8) is 0 Å². The molecule has 0 unspecified atom stereocenters. The Kier molecular flexibility index (Phi) is 6.02. The van der Waals surface area contributed by atoms with Crippen molar-refractivity contribution in [2.45, 2.75) is 12.7 Å². The molecule has 0 aliphatic carbocycles. The molecule has 0 spiro atoms. The molecule has 0 radical (unpaired) electrons. The van der Waals surface area contributed by atoms with Gasteiger partial charge in [-0.15, -0.1) is 0 Å². The van der Waals surface area contributed by atoms with Gasteiger partial charge in [-0.3, -0.25) is 0 Å². The van der Waals surface area contributed by atoms with E-state index >= 15 is 0 Å². The molecule has 0 N–H and O–H groups in total. The lowest BCUT2D eigenvalue weighted by atomic mass is 10.1. The minimum atomic E-state index is -0.360. The Hall–Kier alpha value is -0.950. The maximum atomic E-state index is 5.23. The fourth-order valence-corrected chi connectivity index (χ4v) is 1.49. The summed E-state index contributed by atoms with van der Waals surface area (Å²) in [4.78, 5) is 0. The van der Waals surface area contributed by atoms with E-state index in [1.54, 1.807) is 14.2 Å². The Morgan fingerprint density at radius 2 is 1.94 bits per heavy atom. The van der Waals surface area contributed by atoms with Gasteiger partial charge in [-0.05, 0) is 6.07 Å². The van der Waals surface area contributed by atoms with Crippen molar-refractivity contribution in [2.75, 3.05) is 20.0 Å². The van der Waals surface area contributed by atoms with Gasteiger partial charge >= 0.3 is 0 Å². The van der Waals surface area contributed by atoms with Gasteiger partial charge in [0, 0.05) is 37.5 Å². The maximum absolute atomic E-state index is 5.23. The SMILES string of the molecule is COC(OC)c1ccccc1C#CCCS. The fraction of sp³-hybridized carbons (Fsp3) is 0.385. The van der Waals surface area contributed by atoms with E-state index in [0.29, 0.717) is 0 Å². The van der Waals surface area contributed by atoms with E-state index in [2.05, 4.69) is 24.5 Å². The van der Waals surface area contributed by atoms with Crippen LogP contribution in [0.2, 0.25) is 0 Å². The highest BCUT2D eigenvalue weighted by atomic mass is 32.1. The van der Waals surface area contributed by atoms with Gasteiger partial charge < -0.3 is 9.47 Å². The van der Waals surface area contributed by atoms with Gasteiger partial charge in [0.05, 0.1) is 0 Å². The van der Waals surface area contributed by atoms with Crippen LogP contribution in [0.3, 0.4) is 0 Å². The standard InChI is InChI=1S/C13H16O2S/c1-14-13(15-2)12-9-4-3-7-11(12)8-5-6-10-16/h3-4,7,9,13,16H,6,10H2,1-2H3. The largest absolute Gasteiger partial charge is 0.352 e. The molecule has 2 nitrogen and oxygen atoms in total. The summed E-state index contributed by atoms with van der Waals surface area (Å²) >= 11 is 4.12. The van der Waals surface area contributed by atoms with E-state index in [1.165, 1.54) is 0 Å². The summed E-state index contributed by atoms with van der Waals surface area (Å²) in [5, 5.41) is 0. The summed E-state index contributed by atoms with van der Waals surface area (Å²) in [6.45, 7) is 0. The maximum Gasteiger partial charge on any atom is 0.184 e. The molecule has 0 saturated heterocycles. The minimum absolute atomic E-state index is 0.360. The van der Waals surface area contributed by atoms with Gasteiger partial charge in [0.15, 0.2) is 6.29 Å². The molecule has 3 heteroatoms. The number of rotatable bonds is 4. The summed E-state index contributed by atoms with van der Waals surface area (Å²) in [6.07, 6.45) is 0.420. The van der Waals surface area contributed by atoms with Gasteiger partial charge in [0.1, 0.15) is 0 Å². The van der Waals surface area contributed by atoms with Crippen LogP contribution in [0.5, 0.6) is 0 Å². The second-order valence-corrected chi connectivity index (χ2v) is 3.61. The van der Waals surface area contributed by atoms with E-state index in [9.17, 15) is 0 Å². The predicted octanol–water partition coefficient (Wildman–Crippen LogP) is 2.65. The van der Waals surface area contributed by atoms with Crippen molar-refractivity contribution in [1.82, 2.24) is 0 Å². The van der Waals surface area contributed by atoms with E-state index in [-0.39, 0.29) is 6.29 Å². The van der Waals surface area contributed by atoms with Crippen molar-refractivity contribution in [2.24, 2.45) is 0 Å². The molecule has 1 aromatic carbocycles. The Balaban J connectivity index is 2.96. The van der Waals surface area contributed by atoms with E-state index < -0.39 is 0 Å². The number of ether oxygens (including phenoxy) is 2. The molecule has 0 aliphatic rings. The lowest BCUT2D eigenvalue weighted by molar-refractivity contribution is -0.106. The number of benzene rings is 1. The zero-order chi connectivity index (χ0) is 11.8. The van der Waals surface area contributed by atoms with Gasteiger partial charge in [0.25, 0.3) is 0 Å². The van der Waals surface area contributed by atoms with E-state index in [4.69, 9.17) is 9.47 Å². The van der Waals surface area contributed by atoms with Gasteiger partial charge in [-0.1, -0.05) is 30.0 Å². The smallest absolute Gasteiger partial charge is 0.184 e. The fourth-order valence-electron chi connectivity index (χ4n) is 1.38. The Morgan fingerprint density at radius 3 is 2.56 bits per heavy atom. The van der Waals surface area contributed by atoms with Crippen LogP contribution in [0.15, 0.2) is 24.3 Å². The van der Waals surface area contributed by atoms with Gasteiger partial charge in [-0.2, -0.15) is 12.6 Å². The second kappa shape index (κ2) is 7.34. The van der Waals surface area contributed by atoms with E-state index in [0.717, 1.165) is 23.3 Å². The van der Waals surface area contributed by atoms with E-state index in [1.807, 2.05) is 24.3 Å². The Morgan fingerprint density at radius 1 is 1.25 bits per heavy atom. The van der Waals surface area contributed by atoms with Crippen molar-refractivity contribution in [3.05, 3.63) is 35.4 Å². The van der Waals surface area contributed by atoms with Crippen LogP contribution in [-0.4, -0.2) is 20.0 Å². The van der Waals surface area contributed by atoms with Crippen molar-refractivity contribution < 1.29 is 9.47 Å². The number of methoxy groups -OCH3 is 2. The lowest BCUT2D eigenvalue weighted by Crippen LogP contribution is -2.05. The molecule has 86 valence electrons. The molecule has 0 saturated carbocycles. The highest BCUT2D eigenvalue weighted by Gasteiger charge is 2.11. The molecule has 16 heavy (non-hydrogen) atoms. The molecular weight excluding hydrogens is 220 g/mol. The molecule has 0 heterocycles. The van der Waals surface area contributed by atoms with Crippen LogP contribution in [-0.2, 0) is 9.47 Å². The lowest BCUT2D eigenvalue weighted by Gasteiger charge is -2.15.